The molecule has 1 aromatic heterocycles. The second-order valence-electron chi connectivity index (χ2n) is 6.12. The van der Waals surface area contributed by atoms with E-state index in [2.05, 4.69) is 4.98 Å². The molecule has 1 saturated carbocycles. The first-order valence-corrected chi connectivity index (χ1v) is 9.32. The number of para-hydroxylation sites is 1. The van der Waals surface area contributed by atoms with Gasteiger partial charge in [0.2, 0.25) is 11.8 Å². The van der Waals surface area contributed by atoms with Gasteiger partial charge in [0, 0.05) is 18.8 Å². The number of anilines is 1. The van der Waals surface area contributed by atoms with E-state index in [1.54, 1.807) is 16.5 Å². The maximum atomic E-state index is 12.4. The number of thioether (sulfide) groups is 1. The van der Waals surface area contributed by atoms with Gasteiger partial charge in [-0.1, -0.05) is 42.8 Å². The van der Waals surface area contributed by atoms with Crippen LogP contribution in [0.15, 0.2) is 46.3 Å². The van der Waals surface area contributed by atoms with Crippen LogP contribution in [0.4, 0.5) is 5.69 Å². The fourth-order valence-corrected chi connectivity index (χ4v) is 4.06. The quantitative estimate of drug-likeness (QED) is 0.656. The lowest BCUT2D eigenvalue weighted by atomic mass is 10.2. The van der Waals surface area contributed by atoms with Crippen LogP contribution in [0.1, 0.15) is 31.7 Å². The number of hydrogen-bond donors (Lipinski definition) is 1. The Labute approximate surface area is 150 Å². The molecule has 0 spiro atoms. The first kappa shape index (κ1) is 17.5. The fraction of sp³-hybridized carbons (Fsp3) is 0.389. The molecule has 1 aliphatic rings. The summed E-state index contributed by atoms with van der Waals surface area (Å²) in [7, 11) is 1.72. The molecule has 1 aliphatic carbocycles. The van der Waals surface area contributed by atoms with Crippen LogP contribution < -0.4 is 10.5 Å². The first-order chi connectivity index (χ1) is 12.1. The maximum absolute atomic E-state index is 12.4. The van der Waals surface area contributed by atoms with Crippen LogP contribution in [0, 0.1) is 0 Å². The van der Waals surface area contributed by atoms with Gasteiger partial charge in [-0.3, -0.25) is 14.2 Å². The smallest absolute Gasteiger partial charge is 0.258 e. The summed E-state index contributed by atoms with van der Waals surface area (Å²) in [6, 6.07) is 10.6. The van der Waals surface area contributed by atoms with Crippen molar-refractivity contribution in [3.63, 3.8) is 0 Å². The fourth-order valence-electron chi connectivity index (χ4n) is 3.08. The third-order valence-corrected chi connectivity index (χ3v) is 5.38. The predicted molar refractivity (Wildman–Crippen MR) is 98.2 cm³/mol. The Bertz CT molecular complexity index is 801. The maximum Gasteiger partial charge on any atom is 0.258 e. The lowest BCUT2D eigenvalue weighted by Crippen LogP contribution is -2.29. The minimum Gasteiger partial charge on any atom is -0.493 e. The van der Waals surface area contributed by atoms with Crippen LogP contribution in [-0.4, -0.2) is 33.4 Å². The van der Waals surface area contributed by atoms with Crippen molar-refractivity contribution >= 4 is 23.4 Å². The van der Waals surface area contributed by atoms with Crippen LogP contribution in [0.2, 0.25) is 0 Å². The number of rotatable bonds is 5. The van der Waals surface area contributed by atoms with Crippen molar-refractivity contribution in [2.75, 3.05) is 17.7 Å². The largest absolute Gasteiger partial charge is 0.493 e. The van der Waals surface area contributed by atoms with Gasteiger partial charge in [0.25, 0.3) is 5.56 Å². The molecule has 2 aromatic rings. The summed E-state index contributed by atoms with van der Waals surface area (Å²) in [6.07, 6.45) is 4.02. The van der Waals surface area contributed by atoms with E-state index in [1.165, 1.54) is 11.8 Å². The third kappa shape index (κ3) is 4.04. The summed E-state index contributed by atoms with van der Waals surface area (Å²) in [4.78, 5) is 30.4. The SMILES string of the molecule is CN(C(=O)CSc1nc(O)cc(=O)n1C1CCCC1)c1ccccc1. The van der Waals surface area contributed by atoms with E-state index >= 15 is 0 Å². The Morgan fingerprint density at radius 2 is 2.00 bits per heavy atom. The van der Waals surface area contributed by atoms with Crippen molar-refractivity contribution in [2.45, 2.75) is 36.9 Å². The van der Waals surface area contributed by atoms with E-state index in [4.69, 9.17) is 0 Å². The van der Waals surface area contributed by atoms with Gasteiger partial charge in [-0.25, -0.2) is 0 Å². The van der Waals surface area contributed by atoms with Gasteiger partial charge in [-0.2, -0.15) is 4.98 Å². The second kappa shape index (κ2) is 7.74. The number of carbonyl (C=O) groups is 1. The number of carbonyl (C=O) groups excluding carboxylic acids is 1. The molecular formula is C18H21N3O3S. The van der Waals surface area contributed by atoms with Gasteiger partial charge in [0.05, 0.1) is 11.8 Å². The van der Waals surface area contributed by atoms with Crippen LogP contribution >= 0.6 is 11.8 Å². The molecule has 0 radical (unpaired) electrons. The molecule has 1 N–H and O–H groups in total. The summed E-state index contributed by atoms with van der Waals surface area (Å²) in [5, 5.41) is 10.1. The highest BCUT2D eigenvalue weighted by Crippen LogP contribution is 2.31. The molecule has 1 aromatic carbocycles. The van der Waals surface area contributed by atoms with Gasteiger partial charge in [-0.15, -0.1) is 0 Å². The Morgan fingerprint density at radius 1 is 1.32 bits per heavy atom. The molecule has 0 unspecified atom stereocenters. The Balaban J connectivity index is 1.76. The summed E-state index contributed by atoms with van der Waals surface area (Å²) in [5.41, 5.74) is 0.552. The van der Waals surface area contributed by atoms with Crippen LogP contribution in [0.3, 0.4) is 0 Å². The van der Waals surface area contributed by atoms with Crippen LogP contribution in [0.5, 0.6) is 5.88 Å². The molecule has 25 heavy (non-hydrogen) atoms. The van der Waals surface area contributed by atoms with Gasteiger partial charge < -0.3 is 10.0 Å². The van der Waals surface area contributed by atoms with Gasteiger partial charge >= 0.3 is 0 Å². The minimum absolute atomic E-state index is 0.0910. The van der Waals surface area contributed by atoms with E-state index in [0.29, 0.717) is 5.16 Å². The number of hydrogen-bond acceptors (Lipinski definition) is 5. The summed E-state index contributed by atoms with van der Waals surface area (Å²) >= 11 is 1.19. The average molecular weight is 359 g/mol. The molecule has 1 heterocycles. The van der Waals surface area contributed by atoms with Gasteiger partial charge in [0.15, 0.2) is 5.16 Å². The molecule has 0 bridgehead atoms. The van der Waals surface area contributed by atoms with Crippen LogP contribution in [0.25, 0.3) is 0 Å². The number of benzene rings is 1. The normalized spacial score (nSPS) is 14.6. The molecule has 1 fully saturated rings. The van der Waals surface area contributed by atoms with E-state index < -0.39 is 0 Å². The Morgan fingerprint density at radius 3 is 2.68 bits per heavy atom. The number of nitrogens with zero attached hydrogens (tertiary/aromatic N) is 3. The van der Waals surface area contributed by atoms with Crippen molar-refractivity contribution in [1.29, 1.82) is 0 Å². The Kier molecular flexibility index (Phi) is 5.43. The highest BCUT2D eigenvalue weighted by atomic mass is 32.2. The van der Waals surface area contributed by atoms with Crippen molar-refractivity contribution in [3.05, 3.63) is 46.8 Å². The molecule has 3 rings (SSSR count). The molecule has 7 heteroatoms. The lowest BCUT2D eigenvalue weighted by molar-refractivity contribution is -0.115. The van der Waals surface area contributed by atoms with Crippen molar-refractivity contribution < 1.29 is 9.90 Å². The zero-order valence-electron chi connectivity index (χ0n) is 14.1. The number of aromatic nitrogens is 2. The van der Waals surface area contributed by atoms with Gasteiger partial charge in [-0.05, 0) is 25.0 Å². The molecule has 132 valence electrons. The molecule has 1 amide bonds. The van der Waals surface area contributed by atoms with Crippen molar-refractivity contribution in [1.82, 2.24) is 9.55 Å². The zero-order valence-corrected chi connectivity index (χ0v) is 14.9. The predicted octanol–water partition coefficient (Wildman–Crippen LogP) is 2.82. The summed E-state index contributed by atoms with van der Waals surface area (Å²) in [5.74, 6) is -0.244. The van der Waals surface area contributed by atoms with Crippen LogP contribution in [-0.2, 0) is 4.79 Å². The van der Waals surface area contributed by atoms with E-state index in [1.807, 2.05) is 30.3 Å². The zero-order chi connectivity index (χ0) is 17.8. The second-order valence-corrected chi connectivity index (χ2v) is 7.06. The molecule has 6 nitrogen and oxygen atoms in total. The molecule has 0 atom stereocenters. The van der Waals surface area contributed by atoms with E-state index in [0.717, 1.165) is 37.4 Å². The van der Waals surface area contributed by atoms with E-state index in [9.17, 15) is 14.7 Å². The summed E-state index contributed by atoms with van der Waals surface area (Å²) < 4.78 is 1.63. The highest BCUT2D eigenvalue weighted by Gasteiger charge is 2.23. The molecule has 0 aliphatic heterocycles. The highest BCUT2D eigenvalue weighted by molar-refractivity contribution is 7.99. The minimum atomic E-state index is -0.300. The molecular weight excluding hydrogens is 338 g/mol. The monoisotopic (exact) mass is 359 g/mol. The average Bonchev–Trinajstić information content (AvgIpc) is 3.13. The van der Waals surface area contributed by atoms with Crippen molar-refractivity contribution in [2.24, 2.45) is 0 Å². The third-order valence-electron chi connectivity index (χ3n) is 4.44. The topological polar surface area (TPSA) is 75.4 Å². The lowest BCUT2D eigenvalue weighted by Gasteiger charge is -2.19. The number of amides is 1. The molecule has 0 saturated heterocycles. The Hall–Kier alpha value is -2.28. The van der Waals surface area contributed by atoms with Gasteiger partial charge in [0.1, 0.15) is 0 Å². The first-order valence-electron chi connectivity index (χ1n) is 8.33. The van der Waals surface area contributed by atoms with E-state index in [-0.39, 0.29) is 29.1 Å². The van der Waals surface area contributed by atoms with Crippen molar-refractivity contribution in [3.8, 4) is 5.88 Å². The number of aromatic hydroxyl groups is 1. The standard InChI is InChI=1S/C18H21N3O3S/c1-20(13-7-3-2-4-8-13)17(24)12-25-18-19-15(22)11-16(23)21(18)14-9-5-6-10-14/h2-4,7-8,11,14,22H,5-6,9-10,12H2,1H3. The summed E-state index contributed by atoms with van der Waals surface area (Å²) in [6.45, 7) is 0.